The summed E-state index contributed by atoms with van der Waals surface area (Å²) in [4.78, 5) is 14.3. The van der Waals surface area contributed by atoms with Crippen LogP contribution < -0.4 is 10.6 Å². The zero-order valence-corrected chi connectivity index (χ0v) is 13.9. The Labute approximate surface area is 145 Å². The Balaban J connectivity index is 1.51. The van der Waals surface area contributed by atoms with Gasteiger partial charge in [0.1, 0.15) is 11.6 Å². The lowest BCUT2D eigenvalue weighted by Gasteiger charge is -2.33. The predicted molar refractivity (Wildman–Crippen MR) is 90.5 cm³/mol. The van der Waals surface area contributed by atoms with Gasteiger partial charge < -0.3 is 19.8 Å². The van der Waals surface area contributed by atoms with Gasteiger partial charge in [0, 0.05) is 26.2 Å². The van der Waals surface area contributed by atoms with Gasteiger partial charge in [0.05, 0.1) is 25.5 Å². The van der Waals surface area contributed by atoms with Crippen molar-refractivity contribution in [3.8, 4) is 0 Å². The minimum absolute atomic E-state index is 0.0320. The second-order valence-corrected chi connectivity index (χ2v) is 5.87. The normalized spacial score (nSPS) is 16.4. The number of carbonyl (C=O) groups excluding carboxylic acids is 1. The summed E-state index contributed by atoms with van der Waals surface area (Å²) < 4.78 is 23.8. The monoisotopic (exact) mass is 347 g/mol. The van der Waals surface area contributed by atoms with Gasteiger partial charge in [-0.25, -0.2) is 9.18 Å². The number of rotatable bonds is 6. The van der Waals surface area contributed by atoms with E-state index >= 15 is 0 Å². The van der Waals surface area contributed by atoms with Crippen LogP contribution in [0.4, 0.5) is 9.18 Å². The molecule has 2 aromatic rings. The number of ether oxygens (including phenoxy) is 1. The van der Waals surface area contributed by atoms with Gasteiger partial charge in [-0.15, -0.1) is 0 Å². The Bertz CT molecular complexity index is 655. The van der Waals surface area contributed by atoms with Crippen LogP contribution in [0.2, 0.25) is 0 Å². The van der Waals surface area contributed by atoms with Gasteiger partial charge in [-0.05, 0) is 29.8 Å². The van der Waals surface area contributed by atoms with Crippen LogP contribution in [0, 0.1) is 5.82 Å². The summed E-state index contributed by atoms with van der Waals surface area (Å²) in [6, 6.07) is 9.50. The molecule has 6 nitrogen and oxygen atoms in total. The number of morpholine rings is 1. The summed E-state index contributed by atoms with van der Waals surface area (Å²) in [5.41, 5.74) is 0.840. The molecule has 1 aromatic heterocycles. The molecule has 25 heavy (non-hydrogen) atoms. The maximum Gasteiger partial charge on any atom is 0.315 e. The molecule has 1 unspecified atom stereocenters. The SMILES string of the molecule is O=C(NCc1ccc(F)cc1)NCC(c1ccco1)N1CCOCC1. The fourth-order valence-corrected chi connectivity index (χ4v) is 2.82. The quantitative estimate of drug-likeness (QED) is 0.841. The summed E-state index contributed by atoms with van der Waals surface area (Å²) in [7, 11) is 0. The summed E-state index contributed by atoms with van der Waals surface area (Å²) in [5.74, 6) is 0.528. The van der Waals surface area contributed by atoms with Crippen LogP contribution >= 0.6 is 0 Å². The van der Waals surface area contributed by atoms with Crippen molar-refractivity contribution in [2.75, 3.05) is 32.8 Å². The number of hydrogen-bond acceptors (Lipinski definition) is 4. The highest BCUT2D eigenvalue weighted by molar-refractivity contribution is 5.73. The second-order valence-electron chi connectivity index (χ2n) is 5.87. The Morgan fingerprint density at radius 1 is 1.16 bits per heavy atom. The van der Waals surface area contributed by atoms with Crippen LogP contribution in [-0.2, 0) is 11.3 Å². The molecule has 2 heterocycles. The van der Waals surface area contributed by atoms with Crippen molar-refractivity contribution in [2.45, 2.75) is 12.6 Å². The van der Waals surface area contributed by atoms with E-state index in [2.05, 4.69) is 15.5 Å². The molecule has 0 spiro atoms. The summed E-state index contributed by atoms with van der Waals surface area (Å²) in [6.07, 6.45) is 1.64. The van der Waals surface area contributed by atoms with Crippen molar-refractivity contribution >= 4 is 6.03 Å². The molecule has 134 valence electrons. The Morgan fingerprint density at radius 2 is 1.92 bits per heavy atom. The standard InChI is InChI=1S/C18H22FN3O3/c19-15-5-3-14(4-6-15)12-20-18(23)21-13-16(17-2-1-9-25-17)22-7-10-24-11-8-22/h1-6,9,16H,7-8,10-13H2,(H2,20,21,23). The first-order chi connectivity index (χ1) is 12.2. The average Bonchev–Trinajstić information content (AvgIpc) is 3.17. The first kappa shape index (κ1) is 17.4. The molecule has 1 fully saturated rings. The Morgan fingerprint density at radius 3 is 2.60 bits per heavy atom. The van der Waals surface area contributed by atoms with Crippen molar-refractivity contribution in [1.29, 1.82) is 0 Å². The zero-order chi connectivity index (χ0) is 17.5. The van der Waals surface area contributed by atoms with Crippen LogP contribution in [0.5, 0.6) is 0 Å². The smallest absolute Gasteiger partial charge is 0.315 e. The van der Waals surface area contributed by atoms with E-state index in [0.29, 0.717) is 26.3 Å². The molecule has 0 bridgehead atoms. The molecule has 0 aliphatic carbocycles. The van der Waals surface area contributed by atoms with E-state index in [1.54, 1.807) is 18.4 Å². The van der Waals surface area contributed by atoms with E-state index in [1.165, 1.54) is 12.1 Å². The lowest BCUT2D eigenvalue weighted by molar-refractivity contribution is 0.0123. The molecule has 1 aromatic carbocycles. The van der Waals surface area contributed by atoms with Gasteiger partial charge in [0.2, 0.25) is 0 Å². The van der Waals surface area contributed by atoms with Gasteiger partial charge in [-0.2, -0.15) is 0 Å². The third-order valence-corrected chi connectivity index (χ3v) is 4.18. The van der Waals surface area contributed by atoms with Gasteiger partial charge in [-0.3, -0.25) is 4.90 Å². The average molecular weight is 347 g/mol. The van der Waals surface area contributed by atoms with E-state index in [4.69, 9.17) is 9.15 Å². The third kappa shape index (κ3) is 5.04. The number of amides is 2. The first-order valence-corrected chi connectivity index (χ1v) is 8.34. The number of urea groups is 1. The largest absolute Gasteiger partial charge is 0.468 e. The van der Waals surface area contributed by atoms with E-state index in [0.717, 1.165) is 24.4 Å². The lowest BCUT2D eigenvalue weighted by atomic mass is 10.1. The molecule has 1 saturated heterocycles. The van der Waals surface area contributed by atoms with Gasteiger partial charge in [0.25, 0.3) is 0 Å². The predicted octanol–water partition coefficient (Wildman–Crippen LogP) is 2.29. The minimum Gasteiger partial charge on any atom is -0.468 e. The highest BCUT2D eigenvalue weighted by Gasteiger charge is 2.25. The summed E-state index contributed by atoms with van der Waals surface area (Å²) in [5, 5.41) is 5.66. The Kier molecular flexibility index (Phi) is 6.03. The van der Waals surface area contributed by atoms with E-state index in [1.807, 2.05) is 12.1 Å². The van der Waals surface area contributed by atoms with Crippen LogP contribution in [0.15, 0.2) is 47.1 Å². The maximum atomic E-state index is 12.9. The maximum absolute atomic E-state index is 12.9. The van der Waals surface area contributed by atoms with Crippen LogP contribution in [0.1, 0.15) is 17.4 Å². The molecule has 2 amide bonds. The van der Waals surface area contributed by atoms with Crippen LogP contribution in [0.3, 0.4) is 0 Å². The fraction of sp³-hybridized carbons (Fsp3) is 0.389. The topological polar surface area (TPSA) is 66.7 Å². The second kappa shape index (κ2) is 8.64. The molecule has 1 atom stereocenters. The van der Waals surface area contributed by atoms with Crippen molar-refractivity contribution in [1.82, 2.24) is 15.5 Å². The molecule has 3 rings (SSSR count). The molecule has 2 N–H and O–H groups in total. The number of nitrogens with one attached hydrogen (secondary N) is 2. The zero-order valence-electron chi connectivity index (χ0n) is 13.9. The number of furan rings is 1. The van der Waals surface area contributed by atoms with Gasteiger partial charge in [0.15, 0.2) is 0 Å². The molecular weight excluding hydrogens is 325 g/mol. The molecule has 0 saturated carbocycles. The number of nitrogens with zero attached hydrogens (tertiary/aromatic N) is 1. The van der Waals surface area contributed by atoms with Crippen molar-refractivity contribution in [3.63, 3.8) is 0 Å². The van der Waals surface area contributed by atoms with Crippen molar-refractivity contribution < 1.29 is 18.3 Å². The number of carbonyl (C=O) groups is 1. The van der Waals surface area contributed by atoms with Crippen LogP contribution in [-0.4, -0.2) is 43.8 Å². The summed E-state index contributed by atoms with van der Waals surface area (Å²) in [6.45, 7) is 3.72. The molecule has 7 heteroatoms. The number of hydrogen-bond donors (Lipinski definition) is 2. The number of benzene rings is 1. The van der Waals surface area contributed by atoms with Crippen molar-refractivity contribution in [2.24, 2.45) is 0 Å². The third-order valence-electron chi connectivity index (χ3n) is 4.18. The van der Waals surface area contributed by atoms with Crippen molar-refractivity contribution in [3.05, 3.63) is 59.8 Å². The lowest BCUT2D eigenvalue weighted by Crippen LogP contribution is -2.45. The highest BCUT2D eigenvalue weighted by atomic mass is 19.1. The fourth-order valence-electron chi connectivity index (χ4n) is 2.82. The van der Waals surface area contributed by atoms with E-state index in [9.17, 15) is 9.18 Å². The minimum atomic E-state index is -0.292. The molecule has 0 radical (unpaired) electrons. The van der Waals surface area contributed by atoms with Gasteiger partial charge in [-0.1, -0.05) is 12.1 Å². The molecular formula is C18H22FN3O3. The first-order valence-electron chi connectivity index (χ1n) is 8.34. The number of halogens is 1. The van der Waals surface area contributed by atoms with Crippen LogP contribution in [0.25, 0.3) is 0 Å². The van der Waals surface area contributed by atoms with Gasteiger partial charge >= 0.3 is 6.03 Å². The van der Waals surface area contributed by atoms with E-state index in [-0.39, 0.29) is 17.9 Å². The highest BCUT2D eigenvalue weighted by Crippen LogP contribution is 2.21. The Hall–Kier alpha value is -2.38. The molecule has 1 aliphatic rings. The molecule has 1 aliphatic heterocycles. The van der Waals surface area contributed by atoms with E-state index < -0.39 is 0 Å². The summed E-state index contributed by atoms with van der Waals surface area (Å²) >= 11 is 0.